The molecule has 0 aliphatic carbocycles. The minimum absolute atomic E-state index is 0.197. The van der Waals surface area contributed by atoms with E-state index < -0.39 is 0 Å². The Bertz CT molecular complexity index is 226. The Morgan fingerprint density at radius 1 is 1.46 bits per heavy atom. The van der Waals surface area contributed by atoms with E-state index in [4.69, 9.17) is 5.73 Å². The van der Waals surface area contributed by atoms with E-state index in [-0.39, 0.29) is 6.04 Å². The van der Waals surface area contributed by atoms with Crippen molar-refractivity contribution in [1.29, 1.82) is 0 Å². The SMILES string of the molecule is CC(C)Cn1cnc(CC(C)N)c1. The molecule has 0 saturated heterocycles. The maximum atomic E-state index is 5.69. The number of imidazole rings is 1. The average molecular weight is 181 g/mol. The molecule has 0 saturated carbocycles. The third kappa shape index (κ3) is 3.59. The Balaban J connectivity index is 2.53. The number of hydrogen-bond acceptors (Lipinski definition) is 2. The number of rotatable bonds is 4. The highest BCUT2D eigenvalue weighted by molar-refractivity contribution is 4.98. The summed E-state index contributed by atoms with van der Waals surface area (Å²) in [5.74, 6) is 0.664. The molecule has 0 aliphatic rings. The molecule has 2 N–H and O–H groups in total. The zero-order valence-electron chi connectivity index (χ0n) is 8.70. The fourth-order valence-electron chi connectivity index (χ4n) is 1.36. The van der Waals surface area contributed by atoms with E-state index in [0.717, 1.165) is 18.7 Å². The monoisotopic (exact) mass is 181 g/mol. The Kier molecular flexibility index (Phi) is 3.48. The van der Waals surface area contributed by atoms with Crippen molar-refractivity contribution in [3.05, 3.63) is 18.2 Å². The van der Waals surface area contributed by atoms with Crippen molar-refractivity contribution in [2.24, 2.45) is 11.7 Å². The maximum absolute atomic E-state index is 5.69. The van der Waals surface area contributed by atoms with Crippen molar-refractivity contribution in [2.75, 3.05) is 0 Å². The molecule has 1 rings (SSSR count). The first-order chi connectivity index (χ1) is 6.08. The lowest BCUT2D eigenvalue weighted by molar-refractivity contribution is 0.522. The van der Waals surface area contributed by atoms with Gasteiger partial charge in [-0.25, -0.2) is 4.98 Å². The molecule has 0 amide bonds. The zero-order valence-corrected chi connectivity index (χ0v) is 8.70. The smallest absolute Gasteiger partial charge is 0.0949 e. The Hall–Kier alpha value is -0.830. The first-order valence-corrected chi connectivity index (χ1v) is 4.84. The largest absolute Gasteiger partial charge is 0.337 e. The van der Waals surface area contributed by atoms with E-state index in [0.29, 0.717) is 5.92 Å². The van der Waals surface area contributed by atoms with E-state index >= 15 is 0 Å². The molecular weight excluding hydrogens is 162 g/mol. The van der Waals surface area contributed by atoms with Crippen molar-refractivity contribution < 1.29 is 0 Å². The Labute approximate surface area is 80.0 Å². The van der Waals surface area contributed by atoms with Gasteiger partial charge in [0.25, 0.3) is 0 Å². The average Bonchev–Trinajstić information content (AvgIpc) is 2.33. The number of aromatic nitrogens is 2. The topological polar surface area (TPSA) is 43.8 Å². The highest BCUT2D eigenvalue weighted by atomic mass is 15.0. The second kappa shape index (κ2) is 4.42. The minimum Gasteiger partial charge on any atom is -0.337 e. The summed E-state index contributed by atoms with van der Waals surface area (Å²) in [7, 11) is 0. The highest BCUT2D eigenvalue weighted by Crippen LogP contribution is 2.03. The van der Waals surface area contributed by atoms with Gasteiger partial charge in [-0.15, -0.1) is 0 Å². The van der Waals surface area contributed by atoms with Gasteiger partial charge in [-0.1, -0.05) is 13.8 Å². The lowest BCUT2D eigenvalue weighted by atomic mass is 10.2. The van der Waals surface area contributed by atoms with Crippen LogP contribution in [0.3, 0.4) is 0 Å². The van der Waals surface area contributed by atoms with Crippen molar-refractivity contribution >= 4 is 0 Å². The fraction of sp³-hybridized carbons (Fsp3) is 0.700. The number of nitrogens with two attached hydrogens (primary N) is 1. The number of hydrogen-bond donors (Lipinski definition) is 1. The summed E-state index contributed by atoms with van der Waals surface area (Å²) in [4.78, 5) is 4.29. The van der Waals surface area contributed by atoms with Crippen LogP contribution in [0.2, 0.25) is 0 Å². The Morgan fingerprint density at radius 2 is 2.15 bits per heavy atom. The molecule has 1 aromatic heterocycles. The molecule has 0 aliphatic heterocycles. The second-order valence-corrected chi connectivity index (χ2v) is 4.14. The third-order valence-electron chi connectivity index (χ3n) is 1.79. The summed E-state index contributed by atoms with van der Waals surface area (Å²) in [5, 5.41) is 0. The molecule has 0 radical (unpaired) electrons. The van der Waals surface area contributed by atoms with Crippen LogP contribution in [0.4, 0.5) is 0 Å². The van der Waals surface area contributed by atoms with Gasteiger partial charge in [0.1, 0.15) is 0 Å². The van der Waals surface area contributed by atoms with Crippen LogP contribution in [0.1, 0.15) is 26.5 Å². The van der Waals surface area contributed by atoms with Crippen LogP contribution in [-0.2, 0) is 13.0 Å². The molecule has 0 aromatic carbocycles. The molecule has 0 fully saturated rings. The maximum Gasteiger partial charge on any atom is 0.0949 e. The molecule has 3 nitrogen and oxygen atoms in total. The summed E-state index contributed by atoms with van der Waals surface area (Å²) < 4.78 is 2.13. The van der Waals surface area contributed by atoms with Gasteiger partial charge in [-0.3, -0.25) is 0 Å². The summed E-state index contributed by atoms with van der Waals surface area (Å²) in [6.45, 7) is 7.43. The quantitative estimate of drug-likeness (QED) is 0.763. The standard InChI is InChI=1S/C10H19N3/c1-8(2)5-13-6-10(12-7-13)4-9(3)11/h6-9H,4-5,11H2,1-3H3. The molecule has 3 heteroatoms. The van der Waals surface area contributed by atoms with Crippen molar-refractivity contribution in [2.45, 2.75) is 39.8 Å². The van der Waals surface area contributed by atoms with E-state index in [1.54, 1.807) is 0 Å². The summed E-state index contributed by atoms with van der Waals surface area (Å²) >= 11 is 0. The van der Waals surface area contributed by atoms with E-state index in [1.165, 1.54) is 0 Å². The van der Waals surface area contributed by atoms with E-state index in [2.05, 4.69) is 29.6 Å². The summed E-state index contributed by atoms with van der Waals surface area (Å²) in [6, 6.07) is 0.197. The van der Waals surface area contributed by atoms with E-state index in [1.807, 2.05) is 13.3 Å². The predicted octanol–water partition coefficient (Wildman–Crippen LogP) is 1.43. The molecule has 1 aromatic rings. The van der Waals surface area contributed by atoms with Gasteiger partial charge in [0, 0.05) is 25.2 Å². The van der Waals surface area contributed by atoms with Crippen LogP contribution < -0.4 is 5.73 Å². The van der Waals surface area contributed by atoms with Crippen molar-refractivity contribution in [3.63, 3.8) is 0 Å². The van der Waals surface area contributed by atoms with Gasteiger partial charge < -0.3 is 10.3 Å². The van der Waals surface area contributed by atoms with Crippen LogP contribution in [0.15, 0.2) is 12.5 Å². The first-order valence-electron chi connectivity index (χ1n) is 4.84. The van der Waals surface area contributed by atoms with Gasteiger partial charge >= 0.3 is 0 Å². The second-order valence-electron chi connectivity index (χ2n) is 4.14. The summed E-state index contributed by atoms with van der Waals surface area (Å²) in [6.07, 6.45) is 4.84. The predicted molar refractivity (Wildman–Crippen MR) is 54.4 cm³/mol. The summed E-state index contributed by atoms with van der Waals surface area (Å²) in [5.41, 5.74) is 6.78. The molecule has 1 unspecified atom stereocenters. The van der Waals surface area contributed by atoms with Crippen LogP contribution in [0.5, 0.6) is 0 Å². The molecule has 13 heavy (non-hydrogen) atoms. The lowest BCUT2D eigenvalue weighted by Crippen LogP contribution is -2.17. The fourth-order valence-corrected chi connectivity index (χ4v) is 1.36. The van der Waals surface area contributed by atoms with Gasteiger partial charge in [0.2, 0.25) is 0 Å². The van der Waals surface area contributed by atoms with Gasteiger partial charge in [0.05, 0.1) is 12.0 Å². The van der Waals surface area contributed by atoms with Crippen molar-refractivity contribution in [3.8, 4) is 0 Å². The molecule has 74 valence electrons. The molecule has 0 spiro atoms. The Morgan fingerprint density at radius 3 is 2.69 bits per heavy atom. The van der Waals surface area contributed by atoms with E-state index in [9.17, 15) is 0 Å². The zero-order chi connectivity index (χ0) is 9.84. The minimum atomic E-state index is 0.197. The van der Waals surface area contributed by atoms with Crippen LogP contribution in [-0.4, -0.2) is 15.6 Å². The van der Waals surface area contributed by atoms with Crippen LogP contribution in [0.25, 0.3) is 0 Å². The van der Waals surface area contributed by atoms with Gasteiger partial charge in [-0.05, 0) is 12.8 Å². The van der Waals surface area contributed by atoms with Crippen LogP contribution >= 0.6 is 0 Å². The lowest BCUT2D eigenvalue weighted by Gasteiger charge is -2.04. The normalized spacial score (nSPS) is 13.6. The number of nitrogens with zero attached hydrogens (tertiary/aromatic N) is 2. The third-order valence-corrected chi connectivity index (χ3v) is 1.79. The molecule has 0 bridgehead atoms. The molecular formula is C10H19N3. The molecule has 1 heterocycles. The van der Waals surface area contributed by atoms with Gasteiger partial charge in [0.15, 0.2) is 0 Å². The highest BCUT2D eigenvalue weighted by Gasteiger charge is 2.02. The van der Waals surface area contributed by atoms with Crippen molar-refractivity contribution in [1.82, 2.24) is 9.55 Å². The first kappa shape index (κ1) is 10.3. The van der Waals surface area contributed by atoms with Crippen LogP contribution in [0, 0.1) is 5.92 Å². The molecule has 1 atom stereocenters. The van der Waals surface area contributed by atoms with Gasteiger partial charge in [-0.2, -0.15) is 0 Å².